The summed E-state index contributed by atoms with van der Waals surface area (Å²) in [5.74, 6) is 0.802. The van der Waals surface area contributed by atoms with Gasteiger partial charge < -0.3 is 9.47 Å². The van der Waals surface area contributed by atoms with Crippen LogP contribution in [0.15, 0.2) is 41.3 Å². The van der Waals surface area contributed by atoms with Crippen molar-refractivity contribution < 1.29 is 19.1 Å². The first-order valence-corrected chi connectivity index (χ1v) is 10.9. The largest absolute Gasteiger partial charge is 0.493 e. The Morgan fingerprint density at radius 2 is 1.83 bits per heavy atom. The molecule has 1 atom stereocenters. The Labute approximate surface area is 189 Å². The molecular weight excluding hydrogens is 445 g/mol. The Kier molecular flexibility index (Phi) is 7.34. The second kappa shape index (κ2) is 9.77. The second-order valence-electron chi connectivity index (χ2n) is 6.72. The van der Waals surface area contributed by atoms with Crippen molar-refractivity contribution >= 4 is 52.2 Å². The van der Waals surface area contributed by atoms with E-state index in [1.165, 1.54) is 0 Å². The van der Waals surface area contributed by atoms with Gasteiger partial charge in [0.15, 0.2) is 11.5 Å². The molecule has 0 aromatic heterocycles. The molecule has 30 heavy (non-hydrogen) atoms. The van der Waals surface area contributed by atoms with E-state index in [9.17, 15) is 9.59 Å². The number of hydrogen-bond acceptors (Lipinski definition) is 5. The van der Waals surface area contributed by atoms with Crippen molar-refractivity contribution in [2.45, 2.75) is 32.9 Å². The summed E-state index contributed by atoms with van der Waals surface area (Å²) in [6.07, 6.45) is 2.58. The molecule has 0 N–H and O–H groups in total. The van der Waals surface area contributed by atoms with Crippen molar-refractivity contribution in [2.75, 3.05) is 7.11 Å². The van der Waals surface area contributed by atoms with Gasteiger partial charge in [0.05, 0.1) is 24.7 Å². The molecule has 2 aromatic carbocycles. The highest BCUT2D eigenvalue weighted by Crippen LogP contribution is 2.37. The standard InChI is InChI=1S/C22H21Cl2NO4S/c1-4-13(2)29-18-9-8-14(10-19(18)28-3)11-20-21(26)25(22(27)30-20)12-15-16(23)6-5-7-17(15)24/h5-11,13H,4,12H2,1-3H3/b20-11-/t13-/m1/s1. The van der Waals surface area contributed by atoms with Crippen LogP contribution in [0.5, 0.6) is 11.5 Å². The van der Waals surface area contributed by atoms with Gasteiger partial charge in [-0.3, -0.25) is 14.5 Å². The lowest BCUT2D eigenvalue weighted by Gasteiger charge is -2.16. The molecule has 1 aliphatic rings. The average Bonchev–Trinajstić information content (AvgIpc) is 2.98. The van der Waals surface area contributed by atoms with Crippen LogP contribution in [0.25, 0.3) is 6.08 Å². The number of rotatable bonds is 7. The Hall–Kier alpha value is -2.15. The van der Waals surface area contributed by atoms with Crippen LogP contribution in [0.1, 0.15) is 31.4 Å². The summed E-state index contributed by atoms with van der Waals surface area (Å²) in [4.78, 5) is 26.7. The quantitative estimate of drug-likeness (QED) is 0.441. The Balaban J connectivity index is 1.83. The monoisotopic (exact) mass is 465 g/mol. The highest BCUT2D eigenvalue weighted by atomic mass is 35.5. The van der Waals surface area contributed by atoms with Gasteiger partial charge in [0.25, 0.3) is 11.1 Å². The number of amides is 2. The molecule has 0 radical (unpaired) electrons. The minimum absolute atomic E-state index is 0.0194. The zero-order valence-electron chi connectivity index (χ0n) is 16.8. The predicted octanol–water partition coefficient (Wildman–Crippen LogP) is 6.42. The predicted molar refractivity (Wildman–Crippen MR) is 121 cm³/mol. The summed E-state index contributed by atoms with van der Waals surface area (Å²) in [5, 5.41) is 0.449. The van der Waals surface area contributed by atoms with E-state index < -0.39 is 0 Å². The Bertz CT molecular complexity index is 988. The van der Waals surface area contributed by atoms with Crippen LogP contribution in [-0.2, 0) is 11.3 Å². The van der Waals surface area contributed by atoms with Crippen LogP contribution in [-0.4, -0.2) is 29.3 Å². The Morgan fingerprint density at radius 3 is 2.47 bits per heavy atom. The van der Waals surface area contributed by atoms with Crippen LogP contribution in [0.4, 0.5) is 4.79 Å². The minimum Gasteiger partial charge on any atom is -0.493 e. The van der Waals surface area contributed by atoms with Gasteiger partial charge in [0, 0.05) is 15.6 Å². The second-order valence-corrected chi connectivity index (χ2v) is 8.52. The fourth-order valence-electron chi connectivity index (χ4n) is 2.80. The van der Waals surface area contributed by atoms with Gasteiger partial charge in [-0.1, -0.05) is 42.3 Å². The third-order valence-corrected chi connectivity index (χ3v) is 6.26. The molecule has 1 fully saturated rings. The lowest BCUT2D eigenvalue weighted by Crippen LogP contribution is -2.27. The van der Waals surface area contributed by atoms with Gasteiger partial charge >= 0.3 is 0 Å². The van der Waals surface area contributed by atoms with Gasteiger partial charge in [-0.15, -0.1) is 0 Å². The first-order valence-electron chi connectivity index (χ1n) is 9.37. The minimum atomic E-state index is -0.389. The lowest BCUT2D eigenvalue weighted by molar-refractivity contribution is -0.123. The van der Waals surface area contributed by atoms with Crippen molar-refractivity contribution in [3.8, 4) is 11.5 Å². The van der Waals surface area contributed by atoms with Crippen LogP contribution in [0, 0.1) is 0 Å². The Morgan fingerprint density at radius 1 is 1.13 bits per heavy atom. The van der Waals surface area contributed by atoms with Crippen molar-refractivity contribution in [1.82, 2.24) is 4.90 Å². The van der Waals surface area contributed by atoms with E-state index in [-0.39, 0.29) is 23.8 Å². The third-order valence-electron chi connectivity index (χ3n) is 4.64. The molecule has 2 aromatic rings. The molecule has 1 heterocycles. The zero-order valence-corrected chi connectivity index (χ0v) is 19.1. The number of hydrogen-bond donors (Lipinski definition) is 0. The molecule has 2 amide bonds. The normalized spacial score (nSPS) is 16.3. The maximum Gasteiger partial charge on any atom is 0.293 e. The van der Waals surface area contributed by atoms with E-state index in [1.807, 2.05) is 19.9 Å². The summed E-state index contributed by atoms with van der Waals surface area (Å²) in [5.41, 5.74) is 1.27. The van der Waals surface area contributed by atoms with Crippen molar-refractivity contribution in [1.29, 1.82) is 0 Å². The molecule has 1 saturated heterocycles. The van der Waals surface area contributed by atoms with Crippen molar-refractivity contribution in [2.24, 2.45) is 0 Å². The summed E-state index contributed by atoms with van der Waals surface area (Å²) in [6, 6.07) is 10.4. The van der Waals surface area contributed by atoms with Crippen LogP contribution in [0.3, 0.4) is 0 Å². The smallest absolute Gasteiger partial charge is 0.293 e. The summed E-state index contributed by atoms with van der Waals surface area (Å²) >= 11 is 13.2. The lowest BCUT2D eigenvalue weighted by atomic mass is 10.1. The van der Waals surface area contributed by atoms with Gasteiger partial charge in [-0.25, -0.2) is 0 Å². The number of carbonyl (C=O) groups is 2. The molecule has 158 valence electrons. The average molecular weight is 466 g/mol. The van der Waals surface area contributed by atoms with Crippen LogP contribution in [0.2, 0.25) is 10.0 Å². The van der Waals surface area contributed by atoms with E-state index in [2.05, 4.69) is 0 Å². The fraction of sp³-hybridized carbons (Fsp3) is 0.273. The number of imide groups is 1. The van der Waals surface area contributed by atoms with Gasteiger partial charge in [-0.05, 0) is 61.0 Å². The molecule has 0 aliphatic carbocycles. The maximum atomic E-state index is 12.8. The number of carbonyl (C=O) groups excluding carboxylic acids is 2. The van der Waals surface area contributed by atoms with Gasteiger partial charge in [0.1, 0.15) is 0 Å². The third kappa shape index (κ3) is 4.94. The molecule has 1 aliphatic heterocycles. The molecule has 0 bridgehead atoms. The summed E-state index contributed by atoms with van der Waals surface area (Å²) < 4.78 is 11.3. The van der Waals surface area contributed by atoms with Gasteiger partial charge in [-0.2, -0.15) is 0 Å². The fourth-order valence-corrected chi connectivity index (χ4v) is 4.16. The van der Waals surface area contributed by atoms with Crippen LogP contribution >= 0.6 is 35.0 Å². The molecule has 5 nitrogen and oxygen atoms in total. The molecule has 0 saturated carbocycles. The summed E-state index contributed by atoms with van der Waals surface area (Å²) in [6.45, 7) is 4.04. The van der Waals surface area contributed by atoms with Crippen molar-refractivity contribution in [3.63, 3.8) is 0 Å². The molecule has 0 spiro atoms. The van der Waals surface area contributed by atoms with E-state index in [4.69, 9.17) is 32.7 Å². The first-order chi connectivity index (χ1) is 14.3. The number of methoxy groups -OCH3 is 1. The van der Waals surface area contributed by atoms with E-state index >= 15 is 0 Å². The van der Waals surface area contributed by atoms with E-state index in [0.29, 0.717) is 32.0 Å². The number of thioether (sulfide) groups is 1. The maximum absolute atomic E-state index is 12.8. The van der Waals surface area contributed by atoms with E-state index in [1.54, 1.807) is 43.5 Å². The van der Waals surface area contributed by atoms with Crippen LogP contribution < -0.4 is 9.47 Å². The SMILES string of the molecule is CC[C@@H](C)Oc1ccc(/C=C2\SC(=O)N(Cc3c(Cl)cccc3Cl)C2=O)cc1OC. The summed E-state index contributed by atoms with van der Waals surface area (Å²) in [7, 11) is 1.56. The number of ether oxygens (including phenoxy) is 2. The first kappa shape index (κ1) is 22.5. The molecule has 3 rings (SSSR count). The highest BCUT2D eigenvalue weighted by Gasteiger charge is 2.35. The number of benzene rings is 2. The van der Waals surface area contributed by atoms with E-state index in [0.717, 1.165) is 28.6 Å². The van der Waals surface area contributed by atoms with Gasteiger partial charge in [0.2, 0.25) is 0 Å². The molecule has 0 unspecified atom stereocenters. The zero-order chi connectivity index (χ0) is 21.8. The number of nitrogens with zero attached hydrogens (tertiary/aromatic N) is 1. The molecular formula is C22H21Cl2NO4S. The topological polar surface area (TPSA) is 55.8 Å². The van der Waals surface area contributed by atoms with Crippen molar-refractivity contribution in [3.05, 3.63) is 62.5 Å². The number of halogens is 2. The molecule has 8 heteroatoms. The highest BCUT2D eigenvalue weighted by molar-refractivity contribution is 8.18.